The van der Waals surface area contributed by atoms with E-state index in [2.05, 4.69) is 20.4 Å². The number of carbonyl (C=O) groups excluding carboxylic acids is 1. The average molecular weight is 281 g/mol. The zero-order valence-electron chi connectivity index (χ0n) is 12.6. The molecule has 0 spiro atoms. The molecular formula is C13H23N5O2. The van der Waals surface area contributed by atoms with Crippen molar-refractivity contribution in [1.29, 1.82) is 0 Å². The van der Waals surface area contributed by atoms with Crippen LogP contribution in [0.3, 0.4) is 0 Å². The average Bonchev–Trinajstić information content (AvgIpc) is 2.84. The van der Waals surface area contributed by atoms with Crippen molar-refractivity contribution in [2.45, 2.75) is 45.4 Å². The lowest BCUT2D eigenvalue weighted by molar-refractivity contribution is -0.149. The quantitative estimate of drug-likeness (QED) is 0.767. The maximum atomic E-state index is 12.1. The first-order valence-electron chi connectivity index (χ1n) is 6.90. The van der Waals surface area contributed by atoms with Crippen molar-refractivity contribution in [3.8, 4) is 0 Å². The predicted octanol–water partition coefficient (Wildman–Crippen LogP) is 0.0234. The highest BCUT2D eigenvalue weighted by atomic mass is 16.5. The molecule has 0 fully saturated rings. The van der Waals surface area contributed by atoms with E-state index in [0.717, 1.165) is 18.9 Å². The van der Waals surface area contributed by atoms with Crippen LogP contribution in [-0.2, 0) is 22.6 Å². The molecule has 1 unspecified atom stereocenters. The minimum Gasteiger partial charge on any atom is -0.468 e. The number of nitrogens with zero attached hydrogens (tertiary/aromatic N) is 4. The van der Waals surface area contributed by atoms with E-state index in [0.29, 0.717) is 13.1 Å². The monoisotopic (exact) mass is 281 g/mol. The van der Waals surface area contributed by atoms with E-state index >= 15 is 0 Å². The van der Waals surface area contributed by atoms with Gasteiger partial charge in [-0.2, -0.15) is 0 Å². The molecule has 112 valence electrons. The van der Waals surface area contributed by atoms with E-state index in [9.17, 15) is 4.79 Å². The summed E-state index contributed by atoms with van der Waals surface area (Å²) in [6, 6.07) is 0.201. The van der Waals surface area contributed by atoms with Gasteiger partial charge in [-0.15, -0.1) is 10.2 Å². The largest absolute Gasteiger partial charge is 0.468 e. The lowest BCUT2D eigenvalue weighted by atomic mass is 10.00. The molecule has 1 atom stereocenters. The van der Waals surface area contributed by atoms with Crippen molar-refractivity contribution in [2.75, 3.05) is 20.2 Å². The van der Waals surface area contributed by atoms with E-state index < -0.39 is 5.54 Å². The van der Waals surface area contributed by atoms with Gasteiger partial charge in [-0.25, -0.2) is 0 Å². The van der Waals surface area contributed by atoms with Crippen LogP contribution in [0.1, 0.15) is 26.6 Å². The van der Waals surface area contributed by atoms with Crippen LogP contribution < -0.4 is 5.32 Å². The Balaban J connectivity index is 2.07. The standard InChI is InChI=1S/C13H23N5O2/c1-10(2)15-13(3,12(19)20-4)8-17-5-6-18-9-14-16-11(18)7-17/h9-10,15H,5-8H2,1-4H3. The number of methoxy groups -OCH3 is 1. The van der Waals surface area contributed by atoms with Crippen molar-refractivity contribution in [2.24, 2.45) is 0 Å². The summed E-state index contributed by atoms with van der Waals surface area (Å²) in [7, 11) is 1.43. The maximum Gasteiger partial charge on any atom is 0.327 e. The normalized spacial score (nSPS) is 18.6. The van der Waals surface area contributed by atoms with Crippen molar-refractivity contribution in [1.82, 2.24) is 25.0 Å². The minimum absolute atomic E-state index is 0.201. The second kappa shape index (κ2) is 5.88. The summed E-state index contributed by atoms with van der Waals surface area (Å²) in [4.78, 5) is 14.3. The van der Waals surface area contributed by atoms with Gasteiger partial charge in [0.1, 0.15) is 17.7 Å². The molecule has 0 radical (unpaired) electrons. The highest BCUT2D eigenvalue weighted by Gasteiger charge is 2.37. The van der Waals surface area contributed by atoms with Crippen LogP contribution in [0.4, 0.5) is 0 Å². The van der Waals surface area contributed by atoms with Crippen LogP contribution in [0.2, 0.25) is 0 Å². The lowest BCUT2D eigenvalue weighted by Crippen LogP contribution is -2.60. The van der Waals surface area contributed by atoms with Crippen molar-refractivity contribution < 1.29 is 9.53 Å². The van der Waals surface area contributed by atoms with Crippen LogP contribution in [0.5, 0.6) is 0 Å². The molecule has 2 rings (SSSR count). The maximum absolute atomic E-state index is 12.1. The van der Waals surface area contributed by atoms with E-state index in [1.807, 2.05) is 25.3 Å². The zero-order chi connectivity index (χ0) is 14.8. The number of hydrogen-bond acceptors (Lipinski definition) is 6. The Kier molecular flexibility index (Phi) is 4.39. The highest BCUT2D eigenvalue weighted by molar-refractivity contribution is 5.80. The van der Waals surface area contributed by atoms with E-state index in [-0.39, 0.29) is 12.0 Å². The number of rotatable bonds is 5. The van der Waals surface area contributed by atoms with Crippen molar-refractivity contribution in [3.05, 3.63) is 12.2 Å². The molecule has 2 heterocycles. The fourth-order valence-electron chi connectivity index (χ4n) is 2.73. The molecule has 0 saturated carbocycles. The number of esters is 1. The van der Waals surface area contributed by atoms with E-state index in [1.165, 1.54) is 7.11 Å². The van der Waals surface area contributed by atoms with Crippen molar-refractivity contribution >= 4 is 5.97 Å². The van der Waals surface area contributed by atoms with Gasteiger partial charge in [-0.05, 0) is 20.8 Å². The summed E-state index contributed by atoms with van der Waals surface area (Å²) in [6.07, 6.45) is 1.75. The number of aromatic nitrogens is 3. The number of carbonyl (C=O) groups is 1. The lowest BCUT2D eigenvalue weighted by Gasteiger charge is -2.36. The Morgan fingerprint density at radius 3 is 2.95 bits per heavy atom. The Hall–Kier alpha value is -1.47. The van der Waals surface area contributed by atoms with E-state index in [1.54, 1.807) is 6.33 Å². The molecule has 0 aliphatic carbocycles. The summed E-state index contributed by atoms with van der Waals surface area (Å²) in [5, 5.41) is 11.3. The number of ether oxygens (including phenoxy) is 1. The van der Waals surface area contributed by atoms with Crippen LogP contribution in [0.25, 0.3) is 0 Å². The van der Waals surface area contributed by atoms with Crippen LogP contribution in [0, 0.1) is 0 Å². The molecule has 7 nitrogen and oxygen atoms in total. The molecule has 1 N–H and O–H groups in total. The van der Waals surface area contributed by atoms with Gasteiger partial charge >= 0.3 is 5.97 Å². The van der Waals surface area contributed by atoms with Crippen LogP contribution in [-0.4, -0.2) is 57.4 Å². The third-order valence-corrected chi connectivity index (χ3v) is 3.50. The van der Waals surface area contributed by atoms with Gasteiger partial charge in [0.15, 0.2) is 0 Å². The molecular weight excluding hydrogens is 258 g/mol. The fraction of sp³-hybridized carbons (Fsp3) is 0.769. The molecule has 0 aromatic carbocycles. The second-order valence-corrected chi connectivity index (χ2v) is 5.77. The van der Waals surface area contributed by atoms with Gasteiger partial charge in [0.2, 0.25) is 0 Å². The third kappa shape index (κ3) is 3.16. The molecule has 1 aliphatic rings. The van der Waals surface area contributed by atoms with E-state index in [4.69, 9.17) is 4.74 Å². The number of hydrogen-bond donors (Lipinski definition) is 1. The van der Waals surface area contributed by atoms with Gasteiger partial charge in [-0.3, -0.25) is 15.0 Å². The highest BCUT2D eigenvalue weighted by Crippen LogP contribution is 2.16. The number of nitrogens with one attached hydrogen (secondary N) is 1. The molecule has 7 heteroatoms. The topological polar surface area (TPSA) is 72.3 Å². The molecule has 0 saturated heterocycles. The fourth-order valence-corrected chi connectivity index (χ4v) is 2.73. The predicted molar refractivity (Wildman–Crippen MR) is 74.0 cm³/mol. The SMILES string of the molecule is COC(=O)C(C)(CN1CCn2cnnc2C1)NC(C)C. The first-order chi connectivity index (χ1) is 9.44. The Morgan fingerprint density at radius 1 is 1.55 bits per heavy atom. The molecule has 1 aliphatic heterocycles. The van der Waals surface area contributed by atoms with Crippen LogP contribution >= 0.6 is 0 Å². The summed E-state index contributed by atoms with van der Waals surface area (Å²) >= 11 is 0. The van der Waals surface area contributed by atoms with Crippen molar-refractivity contribution in [3.63, 3.8) is 0 Å². The Bertz CT molecular complexity index is 473. The first kappa shape index (κ1) is 14.9. The minimum atomic E-state index is -0.717. The van der Waals surface area contributed by atoms with Crippen LogP contribution in [0.15, 0.2) is 6.33 Å². The second-order valence-electron chi connectivity index (χ2n) is 5.77. The summed E-state index contributed by atoms with van der Waals surface area (Å²) < 4.78 is 6.99. The molecule has 0 bridgehead atoms. The smallest absolute Gasteiger partial charge is 0.327 e. The van der Waals surface area contributed by atoms with Gasteiger partial charge in [0.05, 0.1) is 13.7 Å². The van der Waals surface area contributed by atoms with Gasteiger partial charge < -0.3 is 9.30 Å². The zero-order valence-corrected chi connectivity index (χ0v) is 12.6. The van der Waals surface area contributed by atoms with Gasteiger partial charge in [-0.1, -0.05) is 0 Å². The molecule has 20 heavy (non-hydrogen) atoms. The summed E-state index contributed by atoms with van der Waals surface area (Å²) in [5.74, 6) is 0.700. The Morgan fingerprint density at radius 2 is 2.30 bits per heavy atom. The van der Waals surface area contributed by atoms with Gasteiger partial charge in [0.25, 0.3) is 0 Å². The molecule has 0 amide bonds. The molecule has 1 aromatic heterocycles. The van der Waals surface area contributed by atoms with Gasteiger partial charge in [0, 0.05) is 25.7 Å². The number of fused-ring (bicyclic) bond motifs is 1. The third-order valence-electron chi connectivity index (χ3n) is 3.50. The Labute approximate surface area is 119 Å². The first-order valence-corrected chi connectivity index (χ1v) is 6.90. The molecule has 1 aromatic rings. The summed E-state index contributed by atoms with van der Waals surface area (Å²) in [5.41, 5.74) is -0.717. The summed E-state index contributed by atoms with van der Waals surface area (Å²) in [6.45, 7) is 8.94.